The van der Waals surface area contributed by atoms with Crippen LogP contribution in [0.25, 0.3) is 0 Å². The van der Waals surface area contributed by atoms with Crippen LogP contribution in [0.2, 0.25) is 0 Å². The largest absolute Gasteiger partial charge is 0.355 e. The first-order valence-corrected chi connectivity index (χ1v) is 5.25. The third-order valence-corrected chi connectivity index (χ3v) is 2.04. The Morgan fingerprint density at radius 1 is 1.50 bits per heavy atom. The zero-order chi connectivity index (χ0) is 11.2. The number of hydrogen-bond donors (Lipinski definition) is 1. The molecule has 0 saturated heterocycles. The van der Waals surface area contributed by atoms with Crippen molar-refractivity contribution in [1.82, 2.24) is 5.32 Å². The van der Waals surface area contributed by atoms with Gasteiger partial charge < -0.3 is 5.32 Å². The van der Waals surface area contributed by atoms with Crippen LogP contribution in [0.15, 0.2) is 12.7 Å². The van der Waals surface area contributed by atoms with E-state index < -0.39 is 0 Å². The van der Waals surface area contributed by atoms with E-state index in [1.54, 1.807) is 0 Å². The summed E-state index contributed by atoms with van der Waals surface area (Å²) in [6.45, 7) is 12.7. The first-order valence-electron chi connectivity index (χ1n) is 5.25. The fourth-order valence-corrected chi connectivity index (χ4v) is 1.03. The van der Waals surface area contributed by atoms with Crippen LogP contribution in [0.4, 0.5) is 0 Å². The fourth-order valence-electron chi connectivity index (χ4n) is 1.03. The first kappa shape index (κ1) is 13.2. The van der Waals surface area contributed by atoms with E-state index in [-0.39, 0.29) is 17.2 Å². The summed E-state index contributed by atoms with van der Waals surface area (Å²) in [6.07, 6.45) is 3.65. The van der Waals surface area contributed by atoms with E-state index in [2.05, 4.69) is 32.7 Å². The van der Waals surface area contributed by atoms with Crippen LogP contribution in [-0.4, -0.2) is 12.5 Å². The Hall–Kier alpha value is -0.790. The highest BCUT2D eigenvalue weighted by Crippen LogP contribution is 2.12. The second-order valence-corrected chi connectivity index (χ2v) is 5.05. The molecule has 0 saturated carbocycles. The number of allylic oxidation sites excluding steroid dienone is 1. The minimum absolute atomic E-state index is 0.0929. The average Bonchev–Trinajstić information content (AvgIpc) is 2.09. The topological polar surface area (TPSA) is 29.1 Å². The number of rotatable bonds is 5. The van der Waals surface area contributed by atoms with E-state index in [1.165, 1.54) is 0 Å². The molecular weight excluding hydrogens is 174 g/mol. The molecule has 0 aliphatic carbocycles. The summed E-state index contributed by atoms with van der Waals surface area (Å²) < 4.78 is 0. The summed E-state index contributed by atoms with van der Waals surface area (Å²) >= 11 is 0. The Balaban J connectivity index is 3.78. The van der Waals surface area contributed by atoms with Crippen molar-refractivity contribution in [2.45, 2.75) is 40.5 Å². The molecule has 0 aromatic heterocycles. The van der Waals surface area contributed by atoms with Gasteiger partial charge in [-0.1, -0.05) is 33.8 Å². The van der Waals surface area contributed by atoms with Crippen LogP contribution >= 0.6 is 0 Å². The SMILES string of the molecule is C=CCC[C@@H](C)C(=O)NCC(C)(C)C. The maximum atomic E-state index is 11.6. The number of carbonyl (C=O) groups is 1. The van der Waals surface area contributed by atoms with Crippen molar-refractivity contribution in [2.24, 2.45) is 11.3 Å². The molecule has 0 aromatic rings. The number of nitrogens with one attached hydrogen (secondary N) is 1. The van der Waals surface area contributed by atoms with Crippen molar-refractivity contribution >= 4 is 5.91 Å². The molecule has 0 bridgehead atoms. The Kier molecular flexibility index (Phi) is 5.51. The average molecular weight is 197 g/mol. The van der Waals surface area contributed by atoms with Crippen LogP contribution in [0.3, 0.4) is 0 Å². The van der Waals surface area contributed by atoms with Gasteiger partial charge in [-0.15, -0.1) is 6.58 Å². The number of carbonyl (C=O) groups excluding carboxylic acids is 1. The van der Waals surface area contributed by atoms with Crippen LogP contribution in [0, 0.1) is 11.3 Å². The lowest BCUT2D eigenvalue weighted by atomic mass is 9.96. The second kappa shape index (κ2) is 5.84. The molecule has 0 heterocycles. The van der Waals surface area contributed by atoms with Crippen molar-refractivity contribution < 1.29 is 4.79 Å². The van der Waals surface area contributed by atoms with Gasteiger partial charge >= 0.3 is 0 Å². The highest BCUT2D eigenvalue weighted by molar-refractivity contribution is 5.78. The molecule has 0 aliphatic rings. The molecule has 2 heteroatoms. The van der Waals surface area contributed by atoms with Crippen LogP contribution in [0.5, 0.6) is 0 Å². The molecule has 0 aliphatic heterocycles. The Labute approximate surface area is 87.8 Å². The molecule has 0 spiro atoms. The molecule has 82 valence electrons. The highest BCUT2D eigenvalue weighted by atomic mass is 16.1. The Morgan fingerprint density at radius 3 is 2.50 bits per heavy atom. The normalized spacial score (nSPS) is 13.4. The van der Waals surface area contributed by atoms with Gasteiger partial charge in [0.15, 0.2) is 0 Å². The standard InChI is InChI=1S/C12H23NO/c1-6-7-8-10(2)11(14)13-9-12(3,4)5/h6,10H,1,7-9H2,2-5H3,(H,13,14)/t10-/m1/s1. The maximum Gasteiger partial charge on any atom is 0.222 e. The van der Waals surface area contributed by atoms with Gasteiger partial charge in [0.25, 0.3) is 0 Å². The number of amides is 1. The van der Waals surface area contributed by atoms with Crippen molar-refractivity contribution in [3.63, 3.8) is 0 Å². The summed E-state index contributed by atoms with van der Waals surface area (Å²) in [6, 6.07) is 0. The van der Waals surface area contributed by atoms with E-state index in [9.17, 15) is 4.79 Å². The predicted molar refractivity (Wildman–Crippen MR) is 61.1 cm³/mol. The zero-order valence-corrected chi connectivity index (χ0v) is 9.89. The Morgan fingerprint density at radius 2 is 2.07 bits per heavy atom. The van der Waals surface area contributed by atoms with Crippen LogP contribution in [0.1, 0.15) is 40.5 Å². The van der Waals surface area contributed by atoms with Gasteiger partial charge in [-0.05, 0) is 18.3 Å². The van der Waals surface area contributed by atoms with Gasteiger partial charge in [0, 0.05) is 12.5 Å². The van der Waals surface area contributed by atoms with Gasteiger partial charge in [-0.25, -0.2) is 0 Å². The highest BCUT2D eigenvalue weighted by Gasteiger charge is 2.15. The Bertz CT molecular complexity index is 191. The van der Waals surface area contributed by atoms with Crippen LogP contribution in [-0.2, 0) is 4.79 Å². The maximum absolute atomic E-state index is 11.6. The predicted octanol–water partition coefficient (Wildman–Crippen LogP) is 2.75. The van der Waals surface area contributed by atoms with Crippen LogP contribution < -0.4 is 5.32 Å². The van der Waals surface area contributed by atoms with Crippen molar-refractivity contribution in [3.8, 4) is 0 Å². The third-order valence-electron chi connectivity index (χ3n) is 2.04. The van der Waals surface area contributed by atoms with E-state index in [0.29, 0.717) is 0 Å². The fraction of sp³-hybridized carbons (Fsp3) is 0.750. The number of hydrogen-bond acceptors (Lipinski definition) is 1. The monoisotopic (exact) mass is 197 g/mol. The lowest BCUT2D eigenvalue weighted by molar-refractivity contribution is -0.125. The second-order valence-electron chi connectivity index (χ2n) is 5.05. The minimum Gasteiger partial charge on any atom is -0.355 e. The summed E-state index contributed by atoms with van der Waals surface area (Å²) in [5.74, 6) is 0.247. The van der Waals surface area contributed by atoms with E-state index in [4.69, 9.17) is 0 Å². The smallest absolute Gasteiger partial charge is 0.222 e. The quantitative estimate of drug-likeness (QED) is 0.675. The molecule has 0 radical (unpaired) electrons. The summed E-state index contributed by atoms with van der Waals surface area (Å²) in [5.41, 5.74) is 0.161. The van der Waals surface area contributed by atoms with Crippen molar-refractivity contribution in [2.75, 3.05) is 6.54 Å². The molecule has 0 aromatic carbocycles. The molecule has 0 unspecified atom stereocenters. The van der Waals surface area contributed by atoms with Gasteiger partial charge in [0.1, 0.15) is 0 Å². The minimum atomic E-state index is 0.0929. The summed E-state index contributed by atoms with van der Waals surface area (Å²) in [5, 5.41) is 2.96. The molecule has 0 rings (SSSR count). The van der Waals surface area contributed by atoms with E-state index in [1.807, 2.05) is 13.0 Å². The molecule has 0 fully saturated rings. The van der Waals surface area contributed by atoms with Crippen molar-refractivity contribution in [1.29, 1.82) is 0 Å². The molecule has 1 N–H and O–H groups in total. The van der Waals surface area contributed by atoms with E-state index >= 15 is 0 Å². The lowest BCUT2D eigenvalue weighted by Gasteiger charge is -2.20. The van der Waals surface area contributed by atoms with Gasteiger partial charge in [-0.2, -0.15) is 0 Å². The molecule has 2 nitrogen and oxygen atoms in total. The molecule has 14 heavy (non-hydrogen) atoms. The molecule has 1 amide bonds. The lowest BCUT2D eigenvalue weighted by Crippen LogP contribution is -2.35. The van der Waals surface area contributed by atoms with E-state index in [0.717, 1.165) is 19.4 Å². The van der Waals surface area contributed by atoms with Gasteiger partial charge in [-0.3, -0.25) is 4.79 Å². The molecule has 1 atom stereocenters. The van der Waals surface area contributed by atoms with Crippen molar-refractivity contribution in [3.05, 3.63) is 12.7 Å². The molecular formula is C12H23NO. The van der Waals surface area contributed by atoms with Gasteiger partial charge in [0.2, 0.25) is 5.91 Å². The zero-order valence-electron chi connectivity index (χ0n) is 9.89. The third kappa shape index (κ3) is 6.70. The van der Waals surface area contributed by atoms with Gasteiger partial charge in [0.05, 0.1) is 0 Å². The first-order chi connectivity index (χ1) is 6.37. The summed E-state index contributed by atoms with van der Waals surface area (Å²) in [7, 11) is 0. The summed E-state index contributed by atoms with van der Waals surface area (Å²) in [4.78, 5) is 11.6.